The van der Waals surface area contributed by atoms with Crippen LogP contribution in [0.3, 0.4) is 0 Å². The second-order valence-electron chi connectivity index (χ2n) is 4.40. The summed E-state index contributed by atoms with van der Waals surface area (Å²) >= 11 is 1.19. The molecule has 94 valence electrons. The molecule has 0 spiro atoms. The SMILES string of the molecule is Cc1nc(N)sc1C(=O)N[C@@H]1CCCC[C@H]1O. The number of aliphatic hydroxyl groups is 1. The van der Waals surface area contributed by atoms with E-state index in [2.05, 4.69) is 10.3 Å². The molecule has 1 fully saturated rings. The van der Waals surface area contributed by atoms with Gasteiger partial charge in [0.15, 0.2) is 5.13 Å². The van der Waals surface area contributed by atoms with Gasteiger partial charge in [-0.1, -0.05) is 24.2 Å². The number of nitrogens with zero attached hydrogens (tertiary/aromatic N) is 1. The fourth-order valence-electron chi connectivity index (χ4n) is 2.14. The van der Waals surface area contributed by atoms with Gasteiger partial charge in [-0.05, 0) is 19.8 Å². The predicted octanol–water partition coefficient (Wildman–Crippen LogP) is 1.07. The Morgan fingerprint density at radius 2 is 2.24 bits per heavy atom. The minimum atomic E-state index is -0.432. The Balaban J connectivity index is 2.03. The zero-order valence-corrected chi connectivity index (χ0v) is 10.6. The lowest BCUT2D eigenvalue weighted by Gasteiger charge is -2.28. The third kappa shape index (κ3) is 2.76. The van der Waals surface area contributed by atoms with Gasteiger partial charge < -0.3 is 16.2 Å². The molecule has 1 saturated carbocycles. The number of hydrogen-bond acceptors (Lipinski definition) is 5. The summed E-state index contributed by atoms with van der Waals surface area (Å²) in [5.41, 5.74) is 6.20. The Kier molecular flexibility index (Phi) is 3.63. The van der Waals surface area contributed by atoms with Crippen LogP contribution in [0.25, 0.3) is 0 Å². The van der Waals surface area contributed by atoms with E-state index in [0.717, 1.165) is 25.7 Å². The van der Waals surface area contributed by atoms with E-state index in [1.807, 2.05) is 0 Å². The average molecular weight is 255 g/mol. The van der Waals surface area contributed by atoms with E-state index < -0.39 is 6.10 Å². The van der Waals surface area contributed by atoms with Crippen LogP contribution in [-0.4, -0.2) is 28.1 Å². The maximum atomic E-state index is 12.0. The molecule has 17 heavy (non-hydrogen) atoms. The van der Waals surface area contributed by atoms with Crippen LogP contribution < -0.4 is 11.1 Å². The number of rotatable bonds is 2. The maximum absolute atomic E-state index is 12.0. The third-order valence-corrected chi connectivity index (χ3v) is 4.05. The Labute approximate surface area is 104 Å². The van der Waals surface area contributed by atoms with E-state index in [0.29, 0.717) is 15.7 Å². The molecule has 5 nitrogen and oxygen atoms in total. The van der Waals surface area contributed by atoms with Crippen LogP contribution in [0.15, 0.2) is 0 Å². The molecule has 2 rings (SSSR count). The van der Waals surface area contributed by atoms with Crippen molar-refractivity contribution in [3.8, 4) is 0 Å². The zero-order valence-electron chi connectivity index (χ0n) is 9.77. The first kappa shape index (κ1) is 12.3. The van der Waals surface area contributed by atoms with Crippen LogP contribution in [-0.2, 0) is 0 Å². The van der Waals surface area contributed by atoms with Crippen LogP contribution in [0.5, 0.6) is 0 Å². The van der Waals surface area contributed by atoms with Crippen molar-refractivity contribution in [2.24, 2.45) is 0 Å². The second kappa shape index (κ2) is 5.01. The monoisotopic (exact) mass is 255 g/mol. The maximum Gasteiger partial charge on any atom is 0.263 e. The molecular formula is C11H17N3O2S. The number of nitrogens with two attached hydrogens (primary N) is 1. The van der Waals surface area contributed by atoms with E-state index in [1.165, 1.54) is 11.3 Å². The zero-order chi connectivity index (χ0) is 12.4. The Hall–Kier alpha value is -1.14. The van der Waals surface area contributed by atoms with Gasteiger partial charge in [-0.3, -0.25) is 4.79 Å². The van der Waals surface area contributed by atoms with Crippen molar-refractivity contribution in [3.63, 3.8) is 0 Å². The lowest BCUT2D eigenvalue weighted by molar-refractivity contribution is 0.0719. The highest BCUT2D eigenvalue weighted by Gasteiger charge is 2.26. The Morgan fingerprint density at radius 1 is 1.53 bits per heavy atom. The first-order valence-electron chi connectivity index (χ1n) is 5.79. The highest BCUT2D eigenvalue weighted by molar-refractivity contribution is 7.17. The molecule has 1 aromatic heterocycles. The summed E-state index contributed by atoms with van der Waals surface area (Å²) in [4.78, 5) is 16.5. The van der Waals surface area contributed by atoms with Crippen LogP contribution in [0.2, 0.25) is 0 Å². The van der Waals surface area contributed by atoms with Crippen LogP contribution in [0, 0.1) is 6.92 Å². The van der Waals surface area contributed by atoms with Gasteiger partial charge in [-0.15, -0.1) is 0 Å². The summed E-state index contributed by atoms with van der Waals surface area (Å²) < 4.78 is 0. The molecule has 1 amide bonds. The van der Waals surface area contributed by atoms with Crippen molar-refractivity contribution in [2.75, 3.05) is 5.73 Å². The average Bonchev–Trinajstić information content (AvgIpc) is 2.61. The molecule has 0 aromatic carbocycles. The Morgan fingerprint density at radius 3 is 2.82 bits per heavy atom. The fourth-order valence-corrected chi connectivity index (χ4v) is 2.88. The van der Waals surface area contributed by atoms with E-state index >= 15 is 0 Å². The summed E-state index contributed by atoms with van der Waals surface area (Å²) in [7, 11) is 0. The Bertz CT molecular complexity index is 419. The summed E-state index contributed by atoms with van der Waals surface area (Å²) in [6.45, 7) is 1.76. The number of aliphatic hydroxyl groups excluding tert-OH is 1. The van der Waals surface area contributed by atoms with Crippen molar-refractivity contribution < 1.29 is 9.90 Å². The van der Waals surface area contributed by atoms with Gasteiger partial charge in [-0.25, -0.2) is 4.98 Å². The quantitative estimate of drug-likeness (QED) is 0.737. The lowest BCUT2D eigenvalue weighted by Crippen LogP contribution is -2.45. The highest BCUT2D eigenvalue weighted by atomic mass is 32.1. The fraction of sp³-hybridized carbons (Fsp3) is 0.636. The largest absolute Gasteiger partial charge is 0.391 e. The number of nitrogen functional groups attached to an aromatic ring is 1. The number of thiazole rings is 1. The van der Waals surface area contributed by atoms with Gasteiger partial charge in [0.2, 0.25) is 0 Å². The van der Waals surface area contributed by atoms with Crippen LogP contribution in [0.1, 0.15) is 41.0 Å². The van der Waals surface area contributed by atoms with Crippen molar-refractivity contribution in [1.29, 1.82) is 0 Å². The summed E-state index contributed by atoms with van der Waals surface area (Å²) in [5.74, 6) is -0.178. The molecule has 0 radical (unpaired) electrons. The molecule has 1 aliphatic rings. The van der Waals surface area contributed by atoms with Gasteiger partial charge in [0.05, 0.1) is 17.8 Å². The number of amides is 1. The summed E-state index contributed by atoms with van der Waals surface area (Å²) in [6.07, 6.45) is 3.24. The standard InChI is InChI=1S/C11H17N3O2S/c1-6-9(17-11(12)13-6)10(16)14-7-4-2-3-5-8(7)15/h7-8,15H,2-5H2,1H3,(H2,12,13)(H,14,16)/t7-,8-/m1/s1. The normalized spacial score (nSPS) is 24.6. The highest BCUT2D eigenvalue weighted by Crippen LogP contribution is 2.22. The minimum Gasteiger partial charge on any atom is -0.391 e. The smallest absolute Gasteiger partial charge is 0.263 e. The van der Waals surface area contributed by atoms with E-state index in [-0.39, 0.29) is 11.9 Å². The third-order valence-electron chi connectivity index (χ3n) is 3.07. The van der Waals surface area contributed by atoms with Crippen LogP contribution in [0.4, 0.5) is 5.13 Å². The number of carbonyl (C=O) groups is 1. The molecule has 1 aliphatic carbocycles. The van der Waals surface area contributed by atoms with Crippen molar-refractivity contribution in [3.05, 3.63) is 10.6 Å². The molecule has 4 N–H and O–H groups in total. The van der Waals surface area contributed by atoms with E-state index in [4.69, 9.17) is 5.73 Å². The first-order chi connectivity index (χ1) is 8.08. The second-order valence-corrected chi connectivity index (χ2v) is 5.43. The van der Waals surface area contributed by atoms with Crippen molar-refractivity contribution in [1.82, 2.24) is 10.3 Å². The molecule has 0 aliphatic heterocycles. The molecule has 0 unspecified atom stereocenters. The number of carbonyl (C=O) groups excluding carboxylic acids is 1. The molecule has 0 saturated heterocycles. The predicted molar refractivity (Wildman–Crippen MR) is 67.0 cm³/mol. The van der Waals surface area contributed by atoms with Gasteiger partial charge in [-0.2, -0.15) is 0 Å². The minimum absolute atomic E-state index is 0.140. The van der Waals surface area contributed by atoms with Crippen molar-refractivity contribution >= 4 is 22.4 Å². The number of hydrogen-bond donors (Lipinski definition) is 3. The lowest BCUT2D eigenvalue weighted by atomic mass is 9.92. The van der Waals surface area contributed by atoms with Gasteiger partial charge in [0, 0.05) is 0 Å². The van der Waals surface area contributed by atoms with Gasteiger partial charge in [0.25, 0.3) is 5.91 Å². The molecule has 1 aromatic rings. The molecule has 1 heterocycles. The molecule has 6 heteroatoms. The van der Waals surface area contributed by atoms with Gasteiger partial charge >= 0.3 is 0 Å². The number of aromatic nitrogens is 1. The first-order valence-corrected chi connectivity index (χ1v) is 6.61. The molecular weight excluding hydrogens is 238 g/mol. The molecule has 2 atom stereocenters. The van der Waals surface area contributed by atoms with Crippen LogP contribution >= 0.6 is 11.3 Å². The number of anilines is 1. The van der Waals surface area contributed by atoms with E-state index in [9.17, 15) is 9.90 Å². The van der Waals surface area contributed by atoms with Crippen molar-refractivity contribution in [2.45, 2.75) is 44.8 Å². The summed E-state index contributed by atoms with van der Waals surface area (Å²) in [5, 5.41) is 13.1. The molecule has 0 bridgehead atoms. The van der Waals surface area contributed by atoms with Gasteiger partial charge in [0.1, 0.15) is 4.88 Å². The van der Waals surface area contributed by atoms with E-state index in [1.54, 1.807) is 6.92 Å². The summed E-state index contributed by atoms with van der Waals surface area (Å²) in [6, 6.07) is -0.140. The number of nitrogens with one attached hydrogen (secondary N) is 1. The number of aryl methyl sites for hydroxylation is 1. The topological polar surface area (TPSA) is 88.2 Å².